The fraction of sp³-hybridized carbons (Fsp3) is 0.833. The van der Waals surface area contributed by atoms with Crippen molar-refractivity contribution in [1.29, 1.82) is 0 Å². The average Bonchev–Trinajstić information content (AvgIpc) is 2.43. The predicted octanol–water partition coefficient (Wildman–Crippen LogP) is 2.98. The van der Waals surface area contributed by atoms with Gasteiger partial charge in [-0.25, -0.2) is 0 Å². The number of rotatable bonds is 5. The number of hydrogen-bond donors (Lipinski definition) is 1. The van der Waals surface area contributed by atoms with Gasteiger partial charge in [0.1, 0.15) is 0 Å². The number of unbranched alkanes of at least 4 members (excludes halogenated alkanes) is 1. The van der Waals surface area contributed by atoms with Gasteiger partial charge in [-0.15, -0.1) is 6.58 Å². The molecule has 0 saturated heterocycles. The molecule has 1 nitrogen and oxygen atoms in total. The molecular weight excluding hydrogens is 158 g/mol. The molecule has 1 saturated carbocycles. The van der Waals surface area contributed by atoms with E-state index in [0.29, 0.717) is 0 Å². The molecule has 1 aliphatic rings. The van der Waals surface area contributed by atoms with E-state index in [2.05, 4.69) is 25.7 Å². The third kappa shape index (κ3) is 3.15. The smallest absolute Gasteiger partial charge is 0.00953 e. The van der Waals surface area contributed by atoms with Crippen molar-refractivity contribution in [3.8, 4) is 0 Å². The highest BCUT2D eigenvalue weighted by Crippen LogP contribution is 2.30. The third-order valence-corrected chi connectivity index (χ3v) is 3.46. The van der Waals surface area contributed by atoms with Gasteiger partial charge in [-0.3, -0.25) is 0 Å². The molecule has 0 aromatic rings. The lowest BCUT2D eigenvalue weighted by Crippen LogP contribution is -2.33. The summed E-state index contributed by atoms with van der Waals surface area (Å²) in [5.74, 6) is 1.78. The van der Waals surface area contributed by atoms with Gasteiger partial charge in [0.15, 0.2) is 0 Å². The molecule has 1 rings (SSSR count). The van der Waals surface area contributed by atoms with Crippen LogP contribution >= 0.6 is 0 Å². The first kappa shape index (κ1) is 10.8. The van der Waals surface area contributed by atoms with E-state index in [1.54, 1.807) is 0 Å². The van der Waals surface area contributed by atoms with Crippen molar-refractivity contribution >= 4 is 0 Å². The van der Waals surface area contributed by atoms with Crippen LogP contribution in [0.1, 0.15) is 39.5 Å². The number of allylic oxidation sites excluding steroid dienone is 1. The molecule has 0 aliphatic heterocycles. The molecule has 13 heavy (non-hydrogen) atoms. The molecule has 1 fully saturated rings. The Balaban J connectivity index is 2.11. The lowest BCUT2D eigenvalue weighted by molar-refractivity contribution is 0.370. The summed E-state index contributed by atoms with van der Waals surface area (Å²) in [6.45, 7) is 9.64. The molecule has 1 heteroatoms. The van der Waals surface area contributed by atoms with Gasteiger partial charge < -0.3 is 5.32 Å². The highest BCUT2D eigenvalue weighted by atomic mass is 14.9. The fourth-order valence-corrected chi connectivity index (χ4v) is 2.19. The van der Waals surface area contributed by atoms with Crippen molar-refractivity contribution in [1.82, 2.24) is 5.32 Å². The first-order valence-electron chi connectivity index (χ1n) is 5.60. The topological polar surface area (TPSA) is 12.0 Å². The van der Waals surface area contributed by atoms with Crippen molar-refractivity contribution < 1.29 is 0 Å². The standard InChI is InChI=1S/C12H23N/c1-4-5-6-9-13-12-8-7-10(2)11(12)3/h4,10-13H,1,5-9H2,2-3H3. The highest BCUT2D eigenvalue weighted by Gasteiger charge is 2.28. The van der Waals surface area contributed by atoms with Gasteiger partial charge in [-0.05, 0) is 44.1 Å². The summed E-state index contributed by atoms with van der Waals surface area (Å²) in [5, 5.41) is 3.65. The fourth-order valence-electron chi connectivity index (χ4n) is 2.19. The molecule has 76 valence electrons. The summed E-state index contributed by atoms with van der Waals surface area (Å²) in [7, 11) is 0. The summed E-state index contributed by atoms with van der Waals surface area (Å²) in [4.78, 5) is 0. The SMILES string of the molecule is C=CCCCNC1CCC(C)C1C. The van der Waals surface area contributed by atoms with Gasteiger partial charge in [-0.2, -0.15) is 0 Å². The Morgan fingerprint density at radius 1 is 1.38 bits per heavy atom. The van der Waals surface area contributed by atoms with Crippen LogP contribution in [0.2, 0.25) is 0 Å². The molecule has 3 unspecified atom stereocenters. The van der Waals surface area contributed by atoms with E-state index in [9.17, 15) is 0 Å². The molecule has 0 aromatic carbocycles. The Morgan fingerprint density at radius 3 is 2.69 bits per heavy atom. The van der Waals surface area contributed by atoms with Gasteiger partial charge in [0.2, 0.25) is 0 Å². The minimum absolute atomic E-state index is 0.778. The normalized spacial score (nSPS) is 33.5. The van der Waals surface area contributed by atoms with Gasteiger partial charge in [0.25, 0.3) is 0 Å². The lowest BCUT2D eigenvalue weighted by atomic mass is 9.98. The number of nitrogens with one attached hydrogen (secondary N) is 1. The molecule has 1 aliphatic carbocycles. The first-order valence-corrected chi connectivity index (χ1v) is 5.60. The van der Waals surface area contributed by atoms with Crippen molar-refractivity contribution in [2.75, 3.05) is 6.54 Å². The Kier molecular flexibility index (Phi) is 4.51. The van der Waals surface area contributed by atoms with Gasteiger partial charge in [-0.1, -0.05) is 19.9 Å². The maximum atomic E-state index is 3.73. The minimum Gasteiger partial charge on any atom is -0.314 e. The summed E-state index contributed by atoms with van der Waals surface area (Å²) >= 11 is 0. The second-order valence-electron chi connectivity index (χ2n) is 4.41. The molecule has 0 radical (unpaired) electrons. The lowest BCUT2D eigenvalue weighted by Gasteiger charge is -2.19. The van der Waals surface area contributed by atoms with E-state index in [1.807, 2.05) is 6.08 Å². The van der Waals surface area contributed by atoms with Crippen LogP contribution in [0, 0.1) is 11.8 Å². The van der Waals surface area contributed by atoms with Gasteiger partial charge in [0, 0.05) is 6.04 Å². The largest absolute Gasteiger partial charge is 0.314 e. The molecule has 1 N–H and O–H groups in total. The van der Waals surface area contributed by atoms with Crippen molar-refractivity contribution in [3.63, 3.8) is 0 Å². The second-order valence-corrected chi connectivity index (χ2v) is 4.41. The van der Waals surface area contributed by atoms with Crippen molar-refractivity contribution in [3.05, 3.63) is 12.7 Å². The van der Waals surface area contributed by atoms with E-state index in [4.69, 9.17) is 0 Å². The Bertz CT molecular complexity index is 153. The third-order valence-electron chi connectivity index (χ3n) is 3.46. The molecule has 3 atom stereocenters. The Hall–Kier alpha value is -0.300. The average molecular weight is 181 g/mol. The second kappa shape index (κ2) is 5.43. The quantitative estimate of drug-likeness (QED) is 0.508. The van der Waals surface area contributed by atoms with E-state index in [1.165, 1.54) is 19.3 Å². The molecule has 0 spiro atoms. The van der Waals surface area contributed by atoms with Crippen molar-refractivity contribution in [2.45, 2.75) is 45.6 Å². The predicted molar refractivity (Wildman–Crippen MR) is 58.8 cm³/mol. The molecule has 0 heterocycles. The number of hydrogen-bond acceptors (Lipinski definition) is 1. The van der Waals surface area contributed by atoms with Crippen LogP contribution in [0.4, 0.5) is 0 Å². The molecule has 0 bridgehead atoms. The van der Waals surface area contributed by atoms with Crippen LogP contribution in [0.5, 0.6) is 0 Å². The van der Waals surface area contributed by atoms with Crippen LogP contribution in [0.25, 0.3) is 0 Å². The summed E-state index contributed by atoms with van der Waals surface area (Å²) in [6.07, 6.45) is 7.16. The summed E-state index contributed by atoms with van der Waals surface area (Å²) < 4.78 is 0. The zero-order valence-electron chi connectivity index (χ0n) is 9.05. The van der Waals surface area contributed by atoms with Crippen LogP contribution in [-0.4, -0.2) is 12.6 Å². The van der Waals surface area contributed by atoms with Gasteiger partial charge >= 0.3 is 0 Å². The van der Waals surface area contributed by atoms with Crippen molar-refractivity contribution in [2.24, 2.45) is 11.8 Å². The zero-order valence-corrected chi connectivity index (χ0v) is 9.05. The maximum Gasteiger partial charge on any atom is 0.00953 e. The summed E-state index contributed by atoms with van der Waals surface area (Å²) in [6, 6.07) is 0.778. The Morgan fingerprint density at radius 2 is 2.15 bits per heavy atom. The van der Waals surface area contributed by atoms with E-state index >= 15 is 0 Å². The van der Waals surface area contributed by atoms with Crippen LogP contribution in [0.15, 0.2) is 12.7 Å². The molecule has 0 amide bonds. The van der Waals surface area contributed by atoms with Gasteiger partial charge in [0.05, 0.1) is 0 Å². The molecule has 0 aromatic heterocycles. The Labute approximate surface area is 82.6 Å². The van der Waals surface area contributed by atoms with E-state index in [0.717, 1.165) is 30.8 Å². The zero-order chi connectivity index (χ0) is 9.68. The first-order chi connectivity index (χ1) is 6.25. The van der Waals surface area contributed by atoms with E-state index in [-0.39, 0.29) is 0 Å². The molecular formula is C12H23N. The summed E-state index contributed by atoms with van der Waals surface area (Å²) in [5.41, 5.74) is 0. The maximum absolute atomic E-state index is 3.73. The highest BCUT2D eigenvalue weighted by molar-refractivity contribution is 4.84. The minimum atomic E-state index is 0.778. The van der Waals surface area contributed by atoms with Crippen LogP contribution in [0.3, 0.4) is 0 Å². The van der Waals surface area contributed by atoms with E-state index < -0.39 is 0 Å². The monoisotopic (exact) mass is 181 g/mol. The van der Waals surface area contributed by atoms with Crippen LogP contribution < -0.4 is 5.32 Å². The van der Waals surface area contributed by atoms with Crippen LogP contribution in [-0.2, 0) is 0 Å².